The highest BCUT2D eigenvalue weighted by Crippen LogP contribution is 2.43. The highest BCUT2D eigenvalue weighted by atomic mass is 32.1. The SMILES string of the molecule is C=C/C=C(\C=NC)c1nn(-c2ccc(N3CCC3)nc2)c2c1CCc1nc(NC(C)=O)sc1-2. The van der Waals surface area contributed by atoms with Crippen molar-refractivity contribution >= 4 is 40.0 Å². The summed E-state index contributed by atoms with van der Waals surface area (Å²) in [6.07, 6.45) is 10.2. The summed E-state index contributed by atoms with van der Waals surface area (Å²) < 4.78 is 1.95. The number of aliphatic imine (C=N–C) groups is 1. The molecule has 1 saturated heterocycles. The van der Waals surface area contributed by atoms with Crippen LogP contribution in [-0.4, -0.2) is 52.0 Å². The highest BCUT2D eigenvalue weighted by Gasteiger charge is 2.30. The van der Waals surface area contributed by atoms with Gasteiger partial charge in [0.1, 0.15) is 5.82 Å². The predicted octanol–water partition coefficient (Wildman–Crippen LogP) is 3.93. The number of thiazole rings is 1. The number of carbonyl (C=O) groups excluding carboxylic acids is 1. The van der Waals surface area contributed by atoms with Gasteiger partial charge in [-0.1, -0.05) is 30.1 Å². The van der Waals surface area contributed by atoms with Crippen LogP contribution in [0.5, 0.6) is 0 Å². The van der Waals surface area contributed by atoms with Crippen molar-refractivity contribution in [1.82, 2.24) is 19.7 Å². The molecule has 0 unspecified atom stereocenters. The lowest BCUT2D eigenvalue weighted by Gasteiger charge is -2.31. The van der Waals surface area contributed by atoms with E-state index in [0.29, 0.717) is 5.13 Å². The molecule has 3 aromatic heterocycles. The molecule has 1 aliphatic carbocycles. The Labute approximate surface area is 196 Å². The Balaban J connectivity index is 1.67. The summed E-state index contributed by atoms with van der Waals surface area (Å²) in [4.78, 5) is 28.5. The van der Waals surface area contributed by atoms with Gasteiger partial charge in [0.25, 0.3) is 0 Å². The zero-order valence-electron chi connectivity index (χ0n) is 18.7. The first-order valence-electron chi connectivity index (χ1n) is 10.9. The van der Waals surface area contributed by atoms with Crippen molar-refractivity contribution in [3.8, 4) is 16.3 Å². The van der Waals surface area contributed by atoms with Crippen LogP contribution in [0, 0.1) is 0 Å². The third kappa shape index (κ3) is 3.89. The third-order valence-corrected chi connectivity index (χ3v) is 6.81. The van der Waals surface area contributed by atoms with Crippen LogP contribution in [0.1, 0.15) is 30.3 Å². The minimum atomic E-state index is -0.128. The van der Waals surface area contributed by atoms with Gasteiger partial charge in [-0.25, -0.2) is 14.6 Å². The summed E-state index contributed by atoms with van der Waals surface area (Å²) in [6, 6.07) is 4.11. The summed E-state index contributed by atoms with van der Waals surface area (Å²) in [5, 5.41) is 8.46. The van der Waals surface area contributed by atoms with Crippen molar-refractivity contribution in [2.75, 3.05) is 30.4 Å². The fraction of sp³-hybridized carbons (Fsp3) is 0.292. The Hall–Kier alpha value is -3.59. The van der Waals surface area contributed by atoms with E-state index in [2.05, 4.69) is 38.9 Å². The van der Waals surface area contributed by atoms with E-state index in [1.165, 1.54) is 24.7 Å². The number of rotatable bonds is 6. The summed E-state index contributed by atoms with van der Waals surface area (Å²) in [5.41, 5.74) is 5.78. The van der Waals surface area contributed by atoms with Crippen LogP contribution < -0.4 is 10.2 Å². The van der Waals surface area contributed by atoms with Gasteiger partial charge >= 0.3 is 0 Å². The smallest absolute Gasteiger partial charge is 0.223 e. The van der Waals surface area contributed by atoms with Gasteiger partial charge in [0, 0.05) is 44.4 Å². The minimum absolute atomic E-state index is 0.128. The van der Waals surface area contributed by atoms with Crippen LogP contribution in [0.15, 0.2) is 42.1 Å². The molecule has 0 saturated carbocycles. The van der Waals surface area contributed by atoms with Crippen LogP contribution in [0.2, 0.25) is 0 Å². The van der Waals surface area contributed by atoms with E-state index in [-0.39, 0.29) is 5.91 Å². The maximum absolute atomic E-state index is 11.6. The number of aryl methyl sites for hydroxylation is 1. The molecule has 9 heteroatoms. The third-order valence-electron chi connectivity index (χ3n) is 5.79. The molecule has 8 nitrogen and oxygen atoms in total. The second kappa shape index (κ2) is 8.74. The van der Waals surface area contributed by atoms with E-state index in [4.69, 9.17) is 10.1 Å². The van der Waals surface area contributed by atoms with Crippen LogP contribution >= 0.6 is 11.3 Å². The number of hydrogen-bond acceptors (Lipinski definition) is 7. The minimum Gasteiger partial charge on any atom is -0.356 e. The molecule has 1 fully saturated rings. The van der Waals surface area contributed by atoms with Gasteiger partial charge in [-0.3, -0.25) is 9.79 Å². The molecule has 3 aromatic rings. The fourth-order valence-electron chi connectivity index (χ4n) is 4.18. The predicted molar refractivity (Wildman–Crippen MR) is 134 cm³/mol. The van der Waals surface area contributed by atoms with Gasteiger partial charge in [0.2, 0.25) is 5.91 Å². The average molecular weight is 460 g/mol. The van der Waals surface area contributed by atoms with Gasteiger partial charge in [0.15, 0.2) is 5.13 Å². The molecular formula is C24H25N7OS. The zero-order chi connectivity index (χ0) is 22.9. The standard InChI is InChI=1S/C24H25N7OS/c1-4-6-16(13-25-3)21-18-8-9-19-23(33-24(28-19)27-15(2)32)22(18)31(29-21)17-7-10-20(26-14-17)30-11-5-12-30/h4,6-7,10,13-14H,1,5,8-9,11-12H2,2-3H3,(H,27,28,32)/b16-6+,25-13?. The fourth-order valence-corrected chi connectivity index (χ4v) is 5.29. The lowest BCUT2D eigenvalue weighted by Crippen LogP contribution is -2.37. The van der Waals surface area contributed by atoms with Crippen molar-refractivity contribution in [3.05, 3.63) is 54.0 Å². The number of anilines is 2. The van der Waals surface area contributed by atoms with Crippen LogP contribution in [0.3, 0.4) is 0 Å². The monoisotopic (exact) mass is 459 g/mol. The second-order valence-corrected chi connectivity index (χ2v) is 9.02. The number of nitrogens with zero attached hydrogens (tertiary/aromatic N) is 6. The highest BCUT2D eigenvalue weighted by molar-refractivity contribution is 7.19. The quantitative estimate of drug-likeness (QED) is 0.446. The van der Waals surface area contributed by atoms with Crippen molar-refractivity contribution in [1.29, 1.82) is 0 Å². The van der Waals surface area contributed by atoms with Crippen molar-refractivity contribution in [2.45, 2.75) is 26.2 Å². The van der Waals surface area contributed by atoms with Crippen molar-refractivity contribution in [2.24, 2.45) is 4.99 Å². The van der Waals surface area contributed by atoms with Crippen LogP contribution in [0.25, 0.3) is 21.8 Å². The van der Waals surface area contributed by atoms with E-state index < -0.39 is 0 Å². The Kier molecular flexibility index (Phi) is 5.63. The van der Waals surface area contributed by atoms with E-state index >= 15 is 0 Å². The number of allylic oxidation sites excluding steroid dienone is 3. The molecule has 168 valence electrons. The Morgan fingerprint density at radius 3 is 2.79 bits per heavy atom. The molecule has 1 amide bonds. The Bertz CT molecular complexity index is 1280. The molecule has 0 spiro atoms. The molecular weight excluding hydrogens is 434 g/mol. The molecule has 4 heterocycles. The molecule has 5 rings (SSSR count). The molecule has 2 aliphatic rings. The first-order chi connectivity index (χ1) is 16.1. The number of hydrogen-bond donors (Lipinski definition) is 1. The molecule has 0 bridgehead atoms. The van der Waals surface area contributed by atoms with Crippen molar-refractivity contribution in [3.63, 3.8) is 0 Å². The normalized spacial score (nSPS) is 15.2. The summed E-state index contributed by atoms with van der Waals surface area (Å²) in [5.74, 6) is 0.861. The maximum Gasteiger partial charge on any atom is 0.223 e. The lowest BCUT2D eigenvalue weighted by atomic mass is 9.95. The first-order valence-corrected chi connectivity index (χ1v) is 11.8. The van der Waals surface area contributed by atoms with Gasteiger partial charge in [-0.05, 0) is 31.4 Å². The van der Waals surface area contributed by atoms with Crippen LogP contribution in [-0.2, 0) is 17.6 Å². The van der Waals surface area contributed by atoms with Crippen molar-refractivity contribution < 1.29 is 4.79 Å². The number of amides is 1. The maximum atomic E-state index is 11.6. The zero-order valence-corrected chi connectivity index (χ0v) is 19.5. The average Bonchev–Trinajstić information content (AvgIpc) is 3.33. The summed E-state index contributed by atoms with van der Waals surface area (Å²) in [7, 11) is 1.75. The largest absolute Gasteiger partial charge is 0.356 e. The summed E-state index contributed by atoms with van der Waals surface area (Å²) in [6.45, 7) is 7.46. The molecule has 0 radical (unpaired) electrons. The molecule has 33 heavy (non-hydrogen) atoms. The molecule has 1 N–H and O–H groups in total. The topological polar surface area (TPSA) is 88.3 Å². The first kappa shape index (κ1) is 21.3. The molecule has 1 aliphatic heterocycles. The van der Waals surface area contributed by atoms with Gasteiger partial charge in [0.05, 0.1) is 33.8 Å². The van der Waals surface area contributed by atoms with Crippen LogP contribution in [0.4, 0.5) is 10.9 Å². The van der Waals surface area contributed by atoms with E-state index in [1.807, 2.05) is 23.2 Å². The van der Waals surface area contributed by atoms with Gasteiger partial charge in [-0.15, -0.1) is 0 Å². The number of pyridine rings is 1. The second-order valence-electron chi connectivity index (χ2n) is 8.02. The number of aromatic nitrogens is 4. The van der Waals surface area contributed by atoms with E-state index in [1.54, 1.807) is 13.1 Å². The van der Waals surface area contributed by atoms with E-state index in [0.717, 1.165) is 70.5 Å². The Morgan fingerprint density at radius 2 is 2.15 bits per heavy atom. The van der Waals surface area contributed by atoms with Gasteiger partial charge in [-0.2, -0.15) is 5.10 Å². The molecule has 0 atom stereocenters. The lowest BCUT2D eigenvalue weighted by molar-refractivity contribution is -0.114. The van der Waals surface area contributed by atoms with E-state index in [9.17, 15) is 4.79 Å². The number of carbonyl (C=O) groups is 1. The van der Waals surface area contributed by atoms with Gasteiger partial charge < -0.3 is 10.2 Å². The Morgan fingerprint density at radius 1 is 1.30 bits per heavy atom. The number of nitrogens with one attached hydrogen (secondary N) is 1. The molecule has 0 aromatic carbocycles. The summed E-state index contributed by atoms with van der Waals surface area (Å²) >= 11 is 1.48. The number of fused-ring (bicyclic) bond motifs is 3.